The third-order valence-corrected chi connectivity index (χ3v) is 2.82. The van der Waals surface area contributed by atoms with Crippen molar-refractivity contribution in [2.75, 3.05) is 38.7 Å². The number of nitrogens with one attached hydrogen (secondary N) is 1. The lowest BCUT2D eigenvalue weighted by atomic mass is 9.95. The van der Waals surface area contributed by atoms with Crippen LogP contribution in [0.1, 0.15) is 20.8 Å². The zero-order valence-corrected chi connectivity index (χ0v) is 12.3. The van der Waals surface area contributed by atoms with Gasteiger partial charge in [-0.25, -0.2) is 0 Å². The molecule has 0 bridgehead atoms. The molecule has 0 fully saturated rings. The normalized spacial score (nSPS) is 11.4. The molecule has 0 atom stereocenters. The molecule has 0 aliphatic heterocycles. The quantitative estimate of drug-likeness (QED) is 0.805. The molecule has 0 amide bonds. The molecule has 1 rings (SSSR count). The topological polar surface area (TPSA) is 24.5 Å². The molecule has 0 heterocycles. The summed E-state index contributed by atoms with van der Waals surface area (Å²) >= 11 is 0. The number of rotatable bonds is 7. The van der Waals surface area contributed by atoms with Crippen LogP contribution < -0.4 is 15.0 Å². The standard InChI is InChI=1S/C15H26N2O/c1-6-16-11-15(2,3)12-18-14-9-7-8-13(10-14)17(4)5/h7-10,16H,6,11-12H2,1-5H3. The Kier molecular flexibility index (Phi) is 5.48. The summed E-state index contributed by atoms with van der Waals surface area (Å²) in [6, 6.07) is 8.19. The maximum atomic E-state index is 5.89. The minimum atomic E-state index is 0.143. The average molecular weight is 250 g/mol. The van der Waals surface area contributed by atoms with E-state index in [2.05, 4.69) is 43.1 Å². The molecular formula is C15H26N2O. The second kappa shape index (κ2) is 6.64. The second-order valence-corrected chi connectivity index (χ2v) is 5.63. The number of nitrogens with zero attached hydrogens (tertiary/aromatic N) is 1. The predicted octanol–water partition coefficient (Wildman–Crippen LogP) is 2.77. The third-order valence-electron chi connectivity index (χ3n) is 2.82. The average Bonchev–Trinajstić information content (AvgIpc) is 2.34. The largest absolute Gasteiger partial charge is 0.493 e. The van der Waals surface area contributed by atoms with Crippen molar-refractivity contribution in [2.24, 2.45) is 5.41 Å². The Morgan fingerprint density at radius 1 is 1.28 bits per heavy atom. The fourth-order valence-electron chi connectivity index (χ4n) is 1.64. The van der Waals surface area contributed by atoms with E-state index in [0.29, 0.717) is 0 Å². The smallest absolute Gasteiger partial charge is 0.121 e. The van der Waals surface area contributed by atoms with Crippen LogP contribution in [0, 0.1) is 5.41 Å². The van der Waals surface area contributed by atoms with E-state index in [9.17, 15) is 0 Å². The molecule has 1 aromatic carbocycles. The molecule has 3 nitrogen and oxygen atoms in total. The molecule has 0 aliphatic carbocycles. The van der Waals surface area contributed by atoms with Crippen LogP contribution in [0.5, 0.6) is 5.75 Å². The molecule has 0 aromatic heterocycles. The van der Waals surface area contributed by atoms with Crippen LogP contribution in [0.2, 0.25) is 0 Å². The predicted molar refractivity (Wildman–Crippen MR) is 78.6 cm³/mol. The van der Waals surface area contributed by atoms with E-state index in [-0.39, 0.29) is 5.41 Å². The van der Waals surface area contributed by atoms with E-state index in [1.807, 2.05) is 26.2 Å². The van der Waals surface area contributed by atoms with Gasteiger partial charge in [0.1, 0.15) is 5.75 Å². The molecule has 0 saturated heterocycles. The summed E-state index contributed by atoms with van der Waals surface area (Å²) in [6.07, 6.45) is 0. The highest BCUT2D eigenvalue weighted by atomic mass is 16.5. The third kappa shape index (κ3) is 4.96. The highest BCUT2D eigenvalue weighted by Gasteiger charge is 2.18. The van der Waals surface area contributed by atoms with Gasteiger partial charge in [0.2, 0.25) is 0 Å². The van der Waals surface area contributed by atoms with Crippen molar-refractivity contribution in [3.8, 4) is 5.75 Å². The van der Waals surface area contributed by atoms with Gasteiger partial charge >= 0.3 is 0 Å². The van der Waals surface area contributed by atoms with E-state index in [0.717, 1.165) is 31.1 Å². The van der Waals surface area contributed by atoms with Gasteiger partial charge in [-0.15, -0.1) is 0 Å². The van der Waals surface area contributed by atoms with Crippen molar-refractivity contribution in [3.63, 3.8) is 0 Å². The maximum absolute atomic E-state index is 5.89. The number of benzene rings is 1. The lowest BCUT2D eigenvalue weighted by molar-refractivity contribution is 0.177. The minimum absolute atomic E-state index is 0.143. The van der Waals surface area contributed by atoms with E-state index in [4.69, 9.17) is 4.74 Å². The Morgan fingerprint density at radius 3 is 2.61 bits per heavy atom. The van der Waals surface area contributed by atoms with Crippen molar-refractivity contribution in [1.29, 1.82) is 0 Å². The Labute approximate surface area is 111 Å². The highest BCUT2D eigenvalue weighted by Crippen LogP contribution is 2.22. The van der Waals surface area contributed by atoms with Gasteiger partial charge in [0.15, 0.2) is 0 Å². The summed E-state index contributed by atoms with van der Waals surface area (Å²) in [6.45, 7) is 9.24. The number of hydrogen-bond acceptors (Lipinski definition) is 3. The number of anilines is 1. The molecule has 1 N–H and O–H groups in total. The number of hydrogen-bond donors (Lipinski definition) is 1. The zero-order valence-electron chi connectivity index (χ0n) is 12.3. The van der Waals surface area contributed by atoms with Crippen LogP contribution in [0.15, 0.2) is 24.3 Å². The van der Waals surface area contributed by atoms with Gasteiger partial charge in [-0.2, -0.15) is 0 Å². The van der Waals surface area contributed by atoms with Crippen molar-refractivity contribution >= 4 is 5.69 Å². The molecule has 0 spiro atoms. The summed E-state index contributed by atoms with van der Waals surface area (Å²) in [7, 11) is 4.07. The van der Waals surface area contributed by atoms with E-state index in [1.165, 1.54) is 0 Å². The molecule has 3 heteroatoms. The first-order valence-electron chi connectivity index (χ1n) is 6.55. The first-order chi connectivity index (χ1) is 8.44. The Hall–Kier alpha value is -1.22. The lowest BCUT2D eigenvalue weighted by Gasteiger charge is -2.25. The van der Waals surface area contributed by atoms with E-state index in [1.54, 1.807) is 0 Å². The van der Waals surface area contributed by atoms with Gasteiger partial charge in [0, 0.05) is 37.8 Å². The van der Waals surface area contributed by atoms with Crippen molar-refractivity contribution in [1.82, 2.24) is 5.32 Å². The first-order valence-corrected chi connectivity index (χ1v) is 6.55. The van der Waals surface area contributed by atoms with Crippen LogP contribution in [-0.4, -0.2) is 33.8 Å². The molecule has 102 valence electrons. The van der Waals surface area contributed by atoms with Crippen molar-refractivity contribution < 1.29 is 4.74 Å². The molecule has 18 heavy (non-hydrogen) atoms. The monoisotopic (exact) mass is 250 g/mol. The summed E-state index contributed by atoms with van der Waals surface area (Å²) in [5.74, 6) is 0.936. The SMILES string of the molecule is CCNCC(C)(C)COc1cccc(N(C)C)c1. The first kappa shape index (κ1) is 14.8. The van der Waals surface area contributed by atoms with E-state index < -0.39 is 0 Å². The summed E-state index contributed by atoms with van der Waals surface area (Å²) in [5, 5.41) is 3.37. The summed E-state index contributed by atoms with van der Waals surface area (Å²) in [5.41, 5.74) is 1.31. The van der Waals surface area contributed by atoms with Gasteiger partial charge < -0.3 is 15.0 Å². The lowest BCUT2D eigenvalue weighted by Crippen LogP contribution is -2.34. The molecule has 0 unspecified atom stereocenters. The second-order valence-electron chi connectivity index (χ2n) is 5.63. The van der Waals surface area contributed by atoms with Crippen LogP contribution in [0.25, 0.3) is 0 Å². The number of ether oxygens (including phenoxy) is 1. The summed E-state index contributed by atoms with van der Waals surface area (Å²) < 4.78 is 5.89. The molecule has 1 aromatic rings. The fraction of sp³-hybridized carbons (Fsp3) is 0.600. The molecule has 0 saturated carbocycles. The maximum Gasteiger partial charge on any atom is 0.121 e. The van der Waals surface area contributed by atoms with Crippen molar-refractivity contribution in [3.05, 3.63) is 24.3 Å². The Bertz CT molecular complexity index is 361. The van der Waals surface area contributed by atoms with Crippen LogP contribution >= 0.6 is 0 Å². The molecular weight excluding hydrogens is 224 g/mol. The van der Waals surface area contributed by atoms with Crippen LogP contribution in [-0.2, 0) is 0 Å². The molecule has 0 radical (unpaired) electrons. The molecule has 0 aliphatic rings. The fourth-order valence-corrected chi connectivity index (χ4v) is 1.64. The Balaban J connectivity index is 2.55. The van der Waals surface area contributed by atoms with Gasteiger partial charge in [0.25, 0.3) is 0 Å². The van der Waals surface area contributed by atoms with Gasteiger partial charge in [-0.1, -0.05) is 26.8 Å². The van der Waals surface area contributed by atoms with Gasteiger partial charge in [-0.05, 0) is 18.7 Å². The zero-order chi connectivity index (χ0) is 13.6. The summed E-state index contributed by atoms with van der Waals surface area (Å²) in [4.78, 5) is 2.08. The Morgan fingerprint density at radius 2 is 2.00 bits per heavy atom. The van der Waals surface area contributed by atoms with Crippen LogP contribution in [0.3, 0.4) is 0 Å². The van der Waals surface area contributed by atoms with Gasteiger partial charge in [-0.3, -0.25) is 0 Å². The van der Waals surface area contributed by atoms with E-state index >= 15 is 0 Å². The minimum Gasteiger partial charge on any atom is -0.493 e. The van der Waals surface area contributed by atoms with Gasteiger partial charge in [0.05, 0.1) is 6.61 Å². The highest BCUT2D eigenvalue weighted by molar-refractivity contribution is 5.49. The van der Waals surface area contributed by atoms with Crippen molar-refractivity contribution in [2.45, 2.75) is 20.8 Å². The van der Waals surface area contributed by atoms with Crippen LogP contribution in [0.4, 0.5) is 5.69 Å².